The molecule has 0 aliphatic rings. The summed E-state index contributed by atoms with van der Waals surface area (Å²) in [6.45, 7) is 0.555. The number of halogens is 3. The van der Waals surface area contributed by atoms with E-state index in [1.165, 1.54) is 6.07 Å². The zero-order chi connectivity index (χ0) is 17.6. The Morgan fingerprint density at radius 2 is 1.88 bits per heavy atom. The second-order valence-electron chi connectivity index (χ2n) is 5.28. The molecule has 128 valence electrons. The minimum absolute atomic E-state index is 0.202. The lowest BCUT2D eigenvalue weighted by Crippen LogP contribution is -2.08. The molecule has 0 aliphatic carbocycles. The van der Waals surface area contributed by atoms with Crippen LogP contribution in [0, 0.1) is 5.82 Å². The fourth-order valence-electron chi connectivity index (χ4n) is 2.26. The van der Waals surface area contributed by atoms with Crippen LogP contribution in [-0.4, -0.2) is 16.5 Å². The van der Waals surface area contributed by atoms with E-state index in [0.717, 1.165) is 0 Å². The zero-order valence-corrected chi connectivity index (χ0v) is 14.7. The number of hydrogen-bond donors (Lipinski definition) is 2. The number of benzene rings is 2. The highest BCUT2D eigenvalue weighted by Crippen LogP contribution is 2.27. The molecule has 7 heteroatoms. The van der Waals surface area contributed by atoms with Crippen molar-refractivity contribution in [3.8, 4) is 0 Å². The van der Waals surface area contributed by atoms with E-state index < -0.39 is 0 Å². The van der Waals surface area contributed by atoms with Gasteiger partial charge in [0, 0.05) is 17.8 Å². The first kappa shape index (κ1) is 17.5. The average Bonchev–Trinajstić information content (AvgIpc) is 2.60. The van der Waals surface area contributed by atoms with Gasteiger partial charge in [-0.3, -0.25) is 0 Å². The van der Waals surface area contributed by atoms with Gasteiger partial charge < -0.3 is 10.6 Å². The third-order valence-electron chi connectivity index (χ3n) is 3.49. The molecule has 0 bridgehead atoms. The molecule has 25 heavy (non-hydrogen) atoms. The number of aromatic nitrogens is 2. The quantitative estimate of drug-likeness (QED) is 0.610. The third kappa shape index (κ3) is 4.81. The Kier molecular flexibility index (Phi) is 5.68. The van der Waals surface area contributed by atoms with Gasteiger partial charge in [0.1, 0.15) is 11.6 Å². The van der Waals surface area contributed by atoms with E-state index in [9.17, 15) is 4.39 Å². The highest BCUT2D eigenvalue weighted by Gasteiger charge is 2.05. The van der Waals surface area contributed by atoms with Gasteiger partial charge in [-0.1, -0.05) is 41.4 Å². The summed E-state index contributed by atoms with van der Waals surface area (Å²) < 4.78 is 13.6. The van der Waals surface area contributed by atoms with E-state index in [0.29, 0.717) is 46.0 Å². The van der Waals surface area contributed by atoms with E-state index in [4.69, 9.17) is 23.2 Å². The van der Waals surface area contributed by atoms with Crippen molar-refractivity contribution in [3.63, 3.8) is 0 Å². The highest BCUT2D eigenvalue weighted by atomic mass is 35.5. The van der Waals surface area contributed by atoms with E-state index in [2.05, 4.69) is 20.6 Å². The maximum atomic E-state index is 13.6. The number of anilines is 3. The van der Waals surface area contributed by atoms with E-state index in [1.807, 2.05) is 6.07 Å². The molecule has 0 unspecified atom stereocenters. The maximum absolute atomic E-state index is 13.6. The Morgan fingerprint density at radius 1 is 1.04 bits per heavy atom. The number of hydrogen-bond acceptors (Lipinski definition) is 4. The monoisotopic (exact) mass is 376 g/mol. The summed E-state index contributed by atoms with van der Waals surface area (Å²) >= 11 is 12.0. The minimum atomic E-state index is -0.202. The molecule has 0 fully saturated rings. The number of nitrogens with zero attached hydrogens (tertiary/aromatic N) is 2. The second-order valence-corrected chi connectivity index (χ2v) is 6.13. The Labute approximate surface area is 155 Å². The average molecular weight is 377 g/mol. The smallest absolute Gasteiger partial charge is 0.229 e. The van der Waals surface area contributed by atoms with Crippen molar-refractivity contribution in [2.75, 3.05) is 17.2 Å². The fourth-order valence-corrected chi connectivity index (χ4v) is 2.71. The van der Waals surface area contributed by atoms with Crippen LogP contribution in [0.2, 0.25) is 10.0 Å². The van der Waals surface area contributed by atoms with E-state index >= 15 is 0 Å². The summed E-state index contributed by atoms with van der Waals surface area (Å²) in [5.41, 5.74) is 1.32. The van der Waals surface area contributed by atoms with Crippen LogP contribution < -0.4 is 10.6 Å². The molecule has 1 heterocycles. The van der Waals surface area contributed by atoms with Crippen molar-refractivity contribution in [1.29, 1.82) is 0 Å². The van der Waals surface area contributed by atoms with Gasteiger partial charge in [-0.05, 0) is 42.3 Å². The maximum Gasteiger partial charge on any atom is 0.229 e. The van der Waals surface area contributed by atoms with Crippen molar-refractivity contribution in [1.82, 2.24) is 9.97 Å². The Balaban J connectivity index is 1.62. The first-order valence-corrected chi connectivity index (χ1v) is 8.40. The fraction of sp³-hybridized carbons (Fsp3) is 0.111. The molecule has 0 spiro atoms. The third-order valence-corrected chi connectivity index (χ3v) is 4.04. The normalized spacial score (nSPS) is 10.5. The molecular formula is C18H15Cl2FN4. The lowest BCUT2D eigenvalue weighted by atomic mass is 10.1. The lowest BCUT2D eigenvalue weighted by Gasteiger charge is -2.10. The van der Waals surface area contributed by atoms with Crippen molar-refractivity contribution in [2.45, 2.75) is 6.42 Å². The van der Waals surface area contributed by atoms with E-state index in [1.54, 1.807) is 42.6 Å². The SMILES string of the molecule is Fc1ccccc1CCNc1ccnc(Nc2ccc(Cl)cc2Cl)n1. The van der Waals surface area contributed by atoms with Crippen LogP contribution in [0.4, 0.5) is 21.8 Å². The van der Waals surface area contributed by atoms with Crippen LogP contribution in [0.3, 0.4) is 0 Å². The molecule has 0 amide bonds. The van der Waals surface area contributed by atoms with Gasteiger partial charge in [-0.2, -0.15) is 4.98 Å². The minimum Gasteiger partial charge on any atom is -0.370 e. The van der Waals surface area contributed by atoms with Crippen LogP contribution >= 0.6 is 23.2 Å². The standard InChI is InChI=1S/C18H15Cl2FN4/c19-13-5-6-16(14(20)11-13)24-18-23-10-8-17(25-18)22-9-7-12-3-1-2-4-15(12)21/h1-6,8,10-11H,7,9H2,(H2,22,23,24,25). The first-order valence-electron chi connectivity index (χ1n) is 7.64. The van der Waals surface area contributed by atoms with Crippen LogP contribution in [0.15, 0.2) is 54.7 Å². The largest absolute Gasteiger partial charge is 0.370 e. The summed E-state index contributed by atoms with van der Waals surface area (Å²) in [6.07, 6.45) is 2.19. The molecule has 0 aliphatic heterocycles. The number of nitrogens with one attached hydrogen (secondary N) is 2. The molecule has 0 saturated carbocycles. The summed E-state index contributed by atoms with van der Waals surface area (Å²) in [5, 5.41) is 7.24. The van der Waals surface area contributed by atoms with E-state index in [-0.39, 0.29) is 5.82 Å². The molecule has 3 aromatic rings. The van der Waals surface area contributed by atoms with Gasteiger partial charge in [0.15, 0.2) is 0 Å². The Hall–Kier alpha value is -2.37. The van der Waals surface area contributed by atoms with Crippen molar-refractivity contribution in [3.05, 3.63) is 76.2 Å². The van der Waals surface area contributed by atoms with Gasteiger partial charge in [0.25, 0.3) is 0 Å². The molecule has 0 atom stereocenters. The summed E-state index contributed by atoms with van der Waals surface area (Å²) in [4.78, 5) is 8.53. The van der Waals surface area contributed by atoms with Crippen LogP contribution in [0.5, 0.6) is 0 Å². The summed E-state index contributed by atoms with van der Waals surface area (Å²) in [7, 11) is 0. The summed E-state index contributed by atoms with van der Waals surface area (Å²) in [5.74, 6) is 0.839. The van der Waals surface area contributed by atoms with Gasteiger partial charge in [-0.25, -0.2) is 9.37 Å². The molecular weight excluding hydrogens is 362 g/mol. The second kappa shape index (κ2) is 8.14. The molecule has 0 saturated heterocycles. The predicted octanol–water partition coefficient (Wildman–Crippen LogP) is 5.32. The van der Waals surface area contributed by atoms with Crippen molar-refractivity contribution in [2.24, 2.45) is 0 Å². The molecule has 2 aromatic carbocycles. The van der Waals surface area contributed by atoms with Crippen LogP contribution in [0.25, 0.3) is 0 Å². The molecule has 0 radical (unpaired) electrons. The predicted molar refractivity (Wildman–Crippen MR) is 100 cm³/mol. The molecule has 1 aromatic heterocycles. The topological polar surface area (TPSA) is 49.8 Å². The van der Waals surface area contributed by atoms with Crippen LogP contribution in [-0.2, 0) is 6.42 Å². The van der Waals surface area contributed by atoms with Gasteiger partial charge in [0.05, 0.1) is 10.7 Å². The summed E-state index contributed by atoms with van der Waals surface area (Å²) in [6, 6.07) is 13.6. The number of rotatable bonds is 6. The first-order chi connectivity index (χ1) is 12.1. The lowest BCUT2D eigenvalue weighted by molar-refractivity contribution is 0.610. The zero-order valence-electron chi connectivity index (χ0n) is 13.1. The molecule has 3 rings (SSSR count). The van der Waals surface area contributed by atoms with Gasteiger partial charge >= 0.3 is 0 Å². The van der Waals surface area contributed by atoms with Gasteiger partial charge in [-0.15, -0.1) is 0 Å². The molecule has 4 nitrogen and oxygen atoms in total. The van der Waals surface area contributed by atoms with Crippen LogP contribution in [0.1, 0.15) is 5.56 Å². The van der Waals surface area contributed by atoms with Gasteiger partial charge in [0.2, 0.25) is 5.95 Å². The Bertz CT molecular complexity index is 873. The Morgan fingerprint density at radius 3 is 2.68 bits per heavy atom. The van der Waals surface area contributed by atoms with Crippen molar-refractivity contribution >= 4 is 40.7 Å². The highest BCUT2D eigenvalue weighted by molar-refractivity contribution is 6.36. The van der Waals surface area contributed by atoms with Crippen molar-refractivity contribution < 1.29 is 4.39 Å². The molecule has 2 N–H and O–H groups in total.